The van der Waals surface area contributed by atoms with Gasteiger partial charge in [0, 0.05) is 36.1 Å². The van der Waals surface area contributed by atoms with Crippen LogP contribution < -0.4 is 5.32 Å². The van der Waals surface area contributed by atoms with Gasteiger partial charge in [-0.1, -0.05) is 0 Å². The molecule has 0 bridgehead atoms. The van der Waals surface area contributed by atoms with E-state index >= 15 is 0 Å². The molecule has 86 valence electrons. The Morgan fingerprint density at radius 2 is 2.12 bits per heavy atom. The predicted molar refractivity (Wildman–Crippen MR) is 66.9 cm³/mol. The first kappa shape index (κ1) is 11.0. The molecule has 1 aromatic heterocycles. The number of rotatable bonds is 4. The van der Waals surface area contributed by atoms with E-state index in [0.717, 1.165) is 24.9 Å². The van der Waals surface area contributed by atoms with Gasteiger partial charge in [0.05, 0.1) is 0 Å². The molecule has 2 N–H and O–H groups in total. The molecule has 2 aromatic rings. The van der Waals surface area contributed by atoms with E-state index in [1.54, 1.807) is 6.07 Å². The van der Waals surface area contributed by atoms with Crippen LogP contribution in [-0.4, -0.2) is 23.3 Å². The lowest BCUT2D eigenvalue weighted by molar-refractivity contribution is 0.476. The number of aromatic hydroxyl groups is 1. The molecule has 1 heterocycles. The Morgan fingerprint density at radius 1 is 1.31 bits per heavy atom. The molecule has 0 atom stereocenters. The molecule has 0 aliphatic heterocycles. The van der Waals surface area contributed by atoms with Gasteiger partial charge < -0.3 is 15.0 Å². The number of likely N-dealkylation sites (N-methyl/N-ethyl adjacent to an activating group) is 1. The highest BCUT2D eigenvalue weighted by molar-refractivity contribution is 5.82. The normalized spacial score (nSPS) is 11.1. The van der Waals surface area contributed by atoms with E-state index in [-0.39, 0.29) is 0 Å². The fourth-order valence-corrected chi connectivity index (χ4v) is 2.15. The van der Waals surface area contributed by atoms with Gasteiger partial charge in [-0.05, 0) is 38.2 Å². The van der Waals surface area contributed by atoms with E-state index in [1.165, 1.54) is 11.2 Å². The summed E-state index contributed by atoms with van der Waals surface area (Å²) in [4.78, 5) is 0. The Hall–Kier alpha value is -1.48. The number of hydrogen-bond acceptors (Lipinski definition) is 2. The molecule has 0 saturated heterocycles. The van der Waals surface area contributed by atoms with Gasteiger partial charge in [-0.3, -0.25) is 0 Å². The third-order valence-electron chi connectivity index (χ3n) is 2.92. The first-order valence-corrected chi connectivity index (χ1v) is 5.72. The number of aryl methyl sites for hydroxylation is 1. The Bertz CT molecular complexity index is 488. The summed E-state index contributed by atoms with van der Waals surface area (Å²) in [5, 5.41) is 13.7. The molecular weight excluding hydrogens is 200 g/mol. The lowest BCUT2D eigenvalue weighted by Crippen LogP contribution is -2.12. The topological polar surface area (TPSA) is 37.2 Å². The fourth-order valence-electron chi connectivity index (χ4n) is 2.15. The molecule has 0 aliphatic rings. The van der Waals surface area contributed by atoms with Crippen molar-refractivity contribution in [2.24, 2.45) is 0 Å². The maximum Gasteiger partial charge on any atom is 0.116 e. The van der Waals surface area contributed by atoms with Gasteiger partial charge in [0.1, 0.15) is 5.75 Å². The zero-order valence-corrected chi connectivity index (χ0v) is 9.83. The highest BCUT2D eigenvalue weighted by Crippen LogP contribution is 2.24. The second kappa shape index (κ2) is 4.58. The molecule has 0 aliphatic carbocycles. The van der Waals surface area contributed by atoms with Gasteiger partial charge in [0.25, 0.3) is 0 Å². The largest absolute Gasteiger partial charge is 0.508 e. The molecule has 1 aromatic carbocycles. The van der Waals surface area contributed by atoms with E-state index in [2.05, 4.69) is 22.9 Å². The third kappa shape index (κ3) is 1.91. The Morgan fingerprint density at radius 3 is 2.81 bits per heavy atom. The quantitative estimate of drug-likeness (QED) is 0.825. The molecular formula is C13H18N2O. The van der Waals surface area contributed by atoms with Crippen LogP contribution >= 0.6 is 0 Å². The second-order valence-electron chi connectivity index (χ2n) is 3.98. The zero-order valence-electron chi connectivity index (χ0n) is 9.83. The minimum absolute atomic E-state index is 0.334. The van der Waals surface area contributed by atoms with E-state index in [9.17, 15) is 5.11 Å². The Labute approximate surface area is 95.7 Å². The van der Waals surface area contributed by atoms with Crippen molar-refractivity contribution < 1.29 is 5.11 Å². The van der Waals surface area contributed by atoms with Crippen LogP contribution in [0, 0.1) is 0 Å². The highest BCUT2D eigenvalue weighted by Gasteiger charge is 2.07. The van der Waals surface area contributed by atoms with Crippen molar-refractivity contribution in [2.45, 2.75) is 19.9 Å². The average molecular weight is 218 g/mol. The molecule has 0 unspecified atom stereocenters. The first-order chi connectivity index (χ1) is 7.76. The van der Waals surface area contributed by atoms with Crippen LogP contribution in [0.4, 0.5) is 0 Å². The van der Waals surface area contributed by atoms with Crippen LogP contribution in [0.15, 0.2) is 24.3 Å². The maximum absolute atomic E-state index is 9.46. The molecule has 0 spiro atoms. The van der Waals surface area contributed by atoms with Crippen LogP contribution in [0.1, 0.15) is 12.6 Å². The smallest absolute Gasteiger partial charge is 0.116 e. The van der Waals surface area contributed by atoms with Crippen molar-refractivity contribution >= 4 is 10.9 Å². The van der Waals surface area contributed by atoms with Crippen molar-refractivity contribution in [1.29, 1.82) is 0 Å². The molecule has 0 saturated carbocycles. The number of nitrogens with one attached hydrogen (secondary N) is 1. The van der Waals surface area contributed by atoms with Crippen molar-refractivity contribution in [3.05, 3.63) is 30.0 Å². The van der Waals surface area contributed by atoms with Crippen LogP contribution in [0.2, 0.25) is 0 Å². The summed E-state index contributed by atoms with van der Waals surface area (Å²) in [6.07, 6.45) is 1.01. The van der Waals surface area contributed by atoms with Crippen molar-refractivity contribution in [1.82, 2.24) is 9.88 Å². The number of phenols is 1. The van der Waals surface area contributed by atoms with E-state index in [4.69, 9.17) is 0 Å². The summed E-state index contributed by atoms with van der Waals surface area (Å²) in [5.74, 6) is 0.334. The molecule has 3 heteroatoms. The molecule has 0 fully saturated rings. The zero-order chi connectivity index (χ0) is 11.5. The van der Waals surface area contributed by atoms with Gasteiger partial charge in [0.15, 0.2) is 0 Å². The lowest BCUT2D eigenvalue weighted by atomic mass is 10.2. The number of nitrogens with zero attached hydrogens (tertiary/aromatic N) is 1. The predicted octanol–water partition coefficient (Wildman–Crippen LogP) is 2.13. The molecule has 16 heavy (non-hydrogen) atoms. The summed E-state index contributed by atoms with van der Waals surface area (Å²) in [6.45, 7) is 4.09. The second-order valence-corrected chi connectivity index (χ2v) is 3.98. The van der Waals surface area contributed by atoms with E-state index < -0.39 is 0 Å². The standard InChI is InChI=1S/C13H18N2O/c1-3-15-11(6-7-14-2)8-10-9-12(16)4-5-13(10)15/h4-5,8-9,14,16H,3,6-7H2,1-2H3. The summed E-state index contributed by atoms with van der Waals surface area (Å²) in [6, 6.07) is 7.72. The van der Waals surface area contributed by atoms with Gasteiger partial charge in [-0.25, -0.2) is 0 Å². The summed E-state index contributed by atoms with van der Waals surface area (Å²) < 4.78 is 2.30. The van der Waals surface area contributed by atoms with E-state index in [1.807, 2.05) is 19.2 Å². The van der Waals surface area contributed by atoms with Crippen molar-refractivity contribution in [2.75, 3.05) is 13.6 Å². The molecule has 2 rings (SSSR count). The summed E-state index contributed by atoms with van der Waals surface area (Å²) >= 11 is 0. The fraction of sp³-hybridized carbons (Fsp3) is 0.385. The minimum Gasteiger partial charge on any atom is -0.508 e. The number of fused-ring (bicyclic) bond motifs is 1. The highest BCUT2D eigenvalue weighted by atomic mass is 16.3. The number of aromatic nitrogens is 1. The monoisotopic (exact) mass is 218 g/mol. The average Bonchev–Trinajstić information content (AvgIpc) is 2.62. The third-order valence-corrected chi connectivity index (χ3v) is 2.92. The Balaban J connectivity index is 2.48. The van der Waals surface area contributed by atoms with Crippen LogP contribution in [0.25, 0.3) is 10.9 Å². The number of benzene rings is 1. The maximum atomic E-state index is 9.46. The lowest BCUT2D eigenvalue weighted by Gasteiger charge is -2.07. The Kier molecular flexibility index (Phi) is 3.15. The van der Waals surface area contributed by atoms with Crippen LogP contribution in [0.3, 0.4) is 0 Å². The van der Waals surface area contributed by atoms with Gasteiger partial charge in [0.2, 0.25) is 0 Å². The van der Waals surface area contributed by atoms with Crippen LogP contribution in [-0.2, 0) is 13.0 Å². The van der Waals surface area contributed by atoms with Gasteiger partial charge in [-0.15, -0.1) is 0 Å². The molecule has 0 radical (unpaired) electrons. The number of hydrogen-bond donors (Lipinski definition) is 2. The summed E-state index contributed by atoms with van der Waals surface area (Å²) in [7, 11) is 1.96. The first-order valence-electron chi connectivity index (χ1n) is 5.72. The van der Waals surface area contributed by atoms with Crippen LogP contribution in [0.5, 0.6) is 5.75 Å². The van der Waals surface area contributed by atoms with Gasteiger partial charge in [-0.2, -0.15) is 0 Å². The summed E-state index contributed by atoms with van der Waals surface area (Å²) in [5.41, 5.74) is 2.52. The van der Waals surface area contributed by atoms with E-state index in [0.29, 0.717) is 5.75 Å². The number of phenolic OH excluding ortho intramolecular Hbond substituents is 1. The SMILES string of the molecule is CCn1c(CCNC)cc2cc(O)ccc21. The minimum atomic E-state index is 0.334. The van der Waals surface area contributed by atoms with Crippen molar-refractivity contribution in [3.63, 3.8) is 0 Å². The molecule has 0 amide bonds. The van der Waals surface area contributed by atoms with Crippen molar-refractivity contribution in [3.8, 4) is 5.75 Å². The molecule has 3 nitrogen and oxygen atoms in total. The van der Waals surface area contributed by atoms with Gasteiger partial charge >= 0.3 is 0 Å².